The van der Waals surface area contributed by atoms with Crippen LogP contribution in [0.4, 0.5) is 0 Å². The molecule has 1 aromatic rings. The lowest BCUT2D eigenvalue weighted by atomic mass is 10.1. The minimum absolute atomic E-state index is 1.17. The van der Waals surface area contributed by atoms with Crippen LogP contribution in [0.1, 0.15) is 25.3 Å². The standard InChI is InChI=1S/C10H12I/c1-2-3-5-9-6-4-7-10(11)8-9/h4,7-8H,2-3,5H2,1H3. The number of benzene rings is 1. The van der Waals surface area contributed by atoms with Crippen molar-refractivity contribution in [1.29, 1.82) is 0 Å². The average Bonchev–Trinajstić information content (AvgIpc) is 2.01. The second-order valence-corrected chi connectivity index (χ2v) is 3.88. The molecule has 0 N–H and O–H groups in total. The molecule has 0 aliphatic heterocycles. The molecule has 1 radical (unpaired) electrons. The first-order valence-electron chi connectivity index (χ1n) is 3.99. The van der Waals surface area contributed by atoms with Gasteiger partial charge in [0.1, 0.15) is 0 Å². The van der Waals surface area contributed by atoms with Gasteiger partial charge in [-0.25, -0.2) is 0 Å². The van der Waals surface area contributed by atoms with Gasteiger partial charge in [0.05, 0.1) is 0 Å². The molecule has 0 saturated carbocycles. The van der Waals surface area contributed by atoms with E-state index in [2.05, 4.69) is 47.7 Å². The van der Waals surface area contributed by atoms with E-state index in [1.165, 1.54) is 28.4 Å². The van der Waals surface area contributed by atoms with Gasteiger partial charge in [0.15, 0.2) is 0 Å². The van der Waals surface area contributed by atoms with E-state index >= 15 is 0 Å². The van der Waals surface area contributed by atoms with Crippen LogP contribution in [0.2, 0.25) is 0 Å². The summed E-state index contributed by atoms with van der Waals surface area (Å²) >= 11 is 2.34. The third-order valence-corrected chi connectivity index (χ3v) is 2.29. The average molecular weight is 259 g/mol. The number of unbranched alkanes of at least 4 members (excludes halogenated alkanes) is 1. The summed E-state index contributed by atoms with van der Waals surface area (Å²) in [7, 11) is 0. The highest BCUT2D eigenvalue weighted by molar-refractivity contribution is 14.1. The van der Waals surface area contributed by atoms with Crippen molar-refractivity contribution in [2.24, 2.45) is 0 Å². The van der Waals surface area contributed by atoms with Crippen molar-refractivity contribution in [3.8, 4) is 0 Å². The van der Waals surface area contributed by atoms with Gasteiger partial charge >= 0.3 is 0 Å². The van der Waals surface area contributed by atoms with Crippen LogP contribution in [0.15, 0.2) is 18.2 Å². The van der Waals surface area contributed by atoms with Crippen molar-refractivity contribution in [3.05, 3.63) is 33.4 Å². The van der Waals surface area contributed by atoms with Gasteiger partial charge in [-0.15, -0.1) is 0 Å². The van der Waals surface area contributed by atoms with E-state index in [4.69, 9.17) is 0 Å². The second-order valence-electron chi connectivity index (χ2n) is 2.64. The largest absolute Gasteiger partial charge is 0.0654 e. The van der Waals surface area contributed by atoms with Crippen LogP contribution in [-0.2, 0) is 6.42 Å². The molecule has 1 aromatic carbocycles. The number of hydrogen-bond acceptors (Lipinski definition) is 0. The Labute approximate surface area is 82.2 Å². The smallest absolute Gasteiger partial charge is 0.0133 e. The van der Waals surface area contributed by atoms with Crippen LogP contribution in [0, 0.1) is 9.64 Å². The minimum atomic E-state index is 1.17. The summed E-state index contributed by atoms with van der Waals surface area (Å²) < 4.78 is 1.31. The van der Waals surface area contributed by atoms with E-state index in [1.807, 2.05) is 6.07 Å². The van der Waals surface area contributed by atoms with Crippen LogP contribution in [0.5, 0.6) is 0 Å². The maximum Gasteiger partial charge on any atom is 0.0133 e. The second kappa shape index (κ2) is 4.75. The lowest BCUT2D eigenvalue weighted by Gasteiger charge is -1.98. The molecule has 11 heavy (non-hydrogen) atoms. The van der Waals surface area contributed by atoms with E-state index in [0.717, 1.165) is 0 Å². The zero-order chi connectivity index (χ0) is 8.10. The third kappa shape index (κ3) is 3.23. The van der Waals surface area contributed by atoms with Crippen molar-refractivity contribution in [2.45, 2.75) is 26.2 Å². The van der Waals surface area contributed by atoms with E-state index in [9.17, 15) is 0 Å². The highest BCUT2D eigenvalue weighted by atomic mass is 127. The molecule has 1 rings (SSSR count). The quantitative estimate of drug-likeness (QED) is 0.729. The van der Waals surface area contributed by atoms with Crippen molar-refractivity contribution in [3.63, 3.8) is 0 Å². The van der Waals surface area contributed by atoms with Crippen molar-refractivity contribution >= 4 is 22.6 Å². The number of hydrogen-bond donors (Lipinski definition) is 0. The van der Waals surface area contributed by atoms with Gasteiger partial charge in [-0.1, -0.05) is 19.4 Å². The lowest BCUT2D eigenvalue weighted by Crippen LogP contribution is -1.84. The molecule has 0 aliphatic rings. The highest BCUT2D eigenvalue weighted by Crippen LogP contribution is 2.09. The van der Waals surface area contributed by atoms with Gasteiger partial charge in [-0.2, -0.15) is 0 Å². The Morgan fingerprint density at radius 1 is 1.55 bits per heavy atom. The Morgan fingerprint density at radius 2 is 2.36 bits per heavy atom. The SMILES string of the molecule is CCCCc1[c]ccc(I)c1. The molecule has 0 bridgehead atoms. The molecule has 0 aromatic heterocycles. The Hall–Kier alpha value is -0.0500. The predicted octanol–water partition coefficient (Wildman–Crippen LogP) is 3.43. The molecule has 0 heterocycles. The van der Waals surface area contributed by atoms with Crippen LogP contribution >= 0.6 is 22.6 Å². The monoisotopic (exact) mass is 259 g/mol. The number of aryl methyl sites for hydroxylation is 1. The Bertz CT molecular complexity index is 218. The lowest BCUT2D eigenvalue weighted by molar-refractivity contribution is 0.794. The fourth-order valence-electron chi connectivity index (χ4n) is 0.996. The van der Waals surface area contributed by atoms with Crippen LogP contribution in [-0.4, -0.2) is 0 Å². The summed E-state index contributed by atoms with van der Waals surface area (Å²) in [5.74, 6) is 0. The van der Waals surface area contributed by atoms with Crippen LogP contribution in [0.3, 0.4) is 0 Å². The molecular formula is C10H12I. The summed E-state index contributed by atoms with van der Waals surface area (Å²) in [5.41, 5.74) is 1.35. The van der Waals surface area contributed by atoms with Crippen LogP contribution < -0.4 is 0 Å². The molecule has 0 nitrogen and oxygen atoms in total. The van der Waals surface area contributed by atoms with E-state index in [-0.39, 0.29) is 0 Å². The van der Waals surface area contributed by atoms with Gasteiger partial charge in [-0.05, 0) is 59.2 Å². The molecular weight excluding hydrogens is 247 g/mol. The third-order valence-electron chi connectivity index (χ3n) is 1.62. The molecule has 0 atom stereocenters. The van der Waals surface area contributed by atoms with Crippen molar-refractivity contribution in [1.82, 2.24) is 0 Å². The molecule has 0 unspecified atom stereocenters. The Balaban J connectivity index is 2.56. The van der Waals surface area contributed by atoms with Gasteiger partial charge in [-0.3, -0.25) is 0 Å². The van der Waals surface area contributed by atoms with E-state index in [0.29, 0.717) is 0 Å². The Morgan fingerprint density at radius 3 is 3.00 bits per heavy atom. The molecule has 59 valence electrons. The summed E-state index contributed by atoms with van der Waals surface area (Å²) in [6.45, 7) is 2.22. The van der Waals surface area contributed by atoms with Gasteiger partial charge in [0.25, 0.3) is 0 Å². The van der Waals surface area contributed by atoms with Gasteiger partial charge in [0, 0.05) is 3.57 Å². The topological polar surface area (TPSA) is 0 Å². The maximum atomic E-state index is 3.24. The fourth-order valence-corrected chi connectivity index (χ4v) is 1.55. The first-order chi connectivity index (χ1) is 5.33. The van der Waals surface area contributed by atoms with Gasteiger partial charge < -0.3 is 0 Å². The van der Waals surface area contributed by atoms with E-state index < -0.39 is 0 Å². The maximum absolute atomic E-state index is 3.24. The number of halogens is 1. The zero-order valence-corrected chi connectivity index (χ0v) is 8.89. The first kappa shape index (κ1) is 9.04. The molecule has 0 amide bonds. The first-order valence-corrected chi connectivity index (χ1v) is 5.07. The summed E-state index contributed by atoms with van der Waals surface area (Å²) in [6.07, 6.45) is 3.71. The molecule has 0 aliphatic carbocycles. The van der Waals surface area contributed by atoms with E-state index in [1.54, 1.807) is 0 Å². The summed E-state index contributed by atoms with van der Waals surface area (Å²) in [5, 5.41) is 0. The summed E-state index contributed by atoms with van der Waals surface area (Å²) in [6, 6.07) is 9.53. The number of rotatable bonds is 3. The predicted molar refractivity (Wildman–Crippen MR) is 56.6 cm³/mol. The molecule has 0 saturated heterocycles. The van der Waals surface area contributed by atoms with Gasteiger partial charge in [0.2, 0.25) is 0 Å². The fraction of sp³-hybridized carbons (Fsp3) is 0.400. The normalized spacial score (nSPS) is 10.0. The molecule has 1 heteroatoms. The van der Waals surface area contributed by atoms with Crippen molar-refractivity contribution in [2.75, 3.05) is 0 Å². The minimum Gasteiger partial charge on any atom is -0.0654 e. The van der Waals surface area contributed by atoms with Crippen LogP contribution in [0.25, 0.3) is 0 Å². The zero-order valence-electron chi connectivity index (χ0n) is 6.73. The highest BCUT2D eigenvalue weighted by Gasteiger charge is 1.92. The molecule has 0 spiro atoms. The summed E-state index contributed by atoms with van der Waals surface area (Å²) in [4.78, 5) is 0. The Kier molecular flexibility index (Phi) is 3.91. The molecule has 0 fully saturated rings. The van der Waals surface area contributed by atoms with Crippen molar-refractivity contribution < 1.29 is 0 Å².